The van der Waals surface area contributed by atoms with E-state index in [0.717, 1.165) is 18.8 Å². The maximum Gasteiger partial charge on any atom is 0.408 e. The number of hydrogen-bond acceptors (Lipinski definition) is 6. The van der Waals surface area contributed by atoms with Crippen molar-refractivity contribution in [2.45, 2.75) is 45.8 Å². The number of aliphatic carboxylic acids is 1. The normalized spacial score (nSPS) is 15.6. The van der Waals surface area contributed by atoms with Crippen molar-refractivity contribution in [3.8, 4) is 5.75 Å². The monoisotopic (exact) mass is 394 g/mol. The number of hydrogen-bond donors (Lipinski definition) is 2. The summed E-state index contributed by atoms with van der Waals surface area (Å²) < 4.78 is 16.3. The van der Waals surface area contributed by atoms with Crippen molar-refractivity contribution in [2.75, 3.05) is 37.8 Å². The first-order valence-corrected chi connectivity index (χ1v) is 9.50. The number of rotatable bonds is 7. The molecule has 8 heteroatoms. The van der Waals surface area contributed by atoms with Gasteiger partial charge in [0.1, 0.15) is 17.4 Å². The van der Waals surface area contributed by atoms with Crippen LogP contribution >= 0.6 is 0 Å². The van der Waals surface area contributed by atoms with Crippen LogP contribution in [0.15, 0.2) is 18.2 Å². The molecule has 0 aromatic heterocycles. The predicted molar refractivity (Wildman–Crippen MR) is 105 cm³/mol. The fourth-order valence-corrected chi connectivity index (χ4v) is 2.89. The van der Waals surface area contributed by atoms with Gasteiger partial charge in [-0.15, -0.1) is 0 Å². The summed E-state index contributed by atoms with van der Waals surface area (Å²) in [6.45, 7) is 10.4. The first kappa shape index (κ1) is 21.8. The van der Waals surface area contributed by atoms with E-state index in [1.54, 1.807) is 20.8 Å². The second kappa shape index (κ2) is 9.64. The van der Waals surface area contributed by atoms with E-state index in [2.05, 4.69) is 10.2 Å². The topological polar surface area (TPSA) is 97.3 Å². The molecule has 0 aliphatic carbocycles. The number of benzene rings is 1. The van der Waals surface area contributed by atoms with Crippen LogP contribution in [0, 0.1) is 0 Å². The van der Waals surface area contributed by atoms with Crippen LogP contribution in [0.25, 0.3) is 0 Å². The molecule has 1 aliphatic heterocycles. The van der Waals surface area contributed by atoms with Gasteiger partial charge in [-0.1, -0.05) is 6.07 Å². The van der Waals surface area contributed by atoms with E-state index in [1.165, 1.54) is 0 Å². The van der Waals surface area contributed by atoms with Gasteiger partial charge in [0.25, 0.3) is 0 Å². The molecule has 8 nitrogen and oxygen atoms in total. The smallest absolute Gasteiger partial charge is 0.408 e. The lowest BCUT2D eigenvalue weighted by molar-refractivity contribution is -0.139. The summed E-state index contributed by atoms with van der Waals surface area (Å²) in [7, 11) is 0. The van der Waals surface area contributed by atoms with Crippen LogP contribution in [-0.4, -0.2) is 61.7 Å². The number of alkyl carbamates (subject to hydrolysis) is 1. The molecule has 1 heterocycles. The number of carbonyl (C=O) groups is 2. The van der Waals surface area contributed by atoms with Crippen LogP contribution in [-0.2, 0) is 20.7 Å². The van der Waals surface area contributed by atoms with Crippen LogP contribution in [0.1, 0.15) is 33.3 Å². The third-order valence-electron chi connectivity index (χ3n) is 4.14. The van der Waals surface area contributed by atoms with Crippen LogP contribution < -0.4 is 15.0 Å². The van der Waals surface area contributed by atoms with Gasteiger partial charge in [0.2, 0.25) is 0 Å². The van der Waals surface area contributed by atoms with Gasteiger partial charge in [-0.05, 0) is 39.3 Å². The van der Waals surface area contributed by atoms with Crippen molar-refractivity contribution in [1.29, 1.82) is 0 Å². The van der Waals surface area contributed by atoms with Gasteiger partial charge in [0, 0.05) is 31.3 Å². The van der Waals surface area contributed by atoms with Gasteiger partial charge in [0.05, 0.1) is 19.8 Å². The molecule has 1 atom stereocenters. The van der Waals surface area contributed by atoms with Gasteiger partial charge in [-0.2, -0.15) is 0 Å². The average Bonchev–Trinajstić information content (AvgIpc) is 2.61. The number of nitrogens with zero attached hydrogens (tertiary/aromatic N) is 1. The highest BCUT2D eigenvalue weighted by Crippen LogP contribution is 2.28. The fourth-order valence-electron chi connectivity index (χ4n) is 2.89. The summed E-state index contributed by atoms with van der Waals surface area (Å²) >= 11 is 0. The summed E-state index contributed by atoms with van der Waals surface area (Å²) in [4.78, 5) is 25.8. The first-order valence-electron chi connectivity index (χ1n) is 9.50. The molecule has 156 valence electrons. The summed E-state index contributed by atoms with van der Waals surface area (Å²) in [6, 6.07) is 4.58. The highest BCUT2D eigenvalue weighted by molar-refractivity contribution is 5.80. The Morgan fingerprint density at radius 2 is 1.96 bits per heavy atom. The minimum Gasteiger partial charge on any atom is -0.494 e. The van der Waals surface area contributed by atoms with Crippen molar-refractivity contribution in [3.63, 3.8) is 0 Å². The Morgan fingerprint density at radius 1 is 1.29 bits per heavy atom. The zero-order valence-corrected chi connectivity index (χ0v) is 17.0. The van der Waals surface area contributed by atoms with Crippen molar-refractivity contribution in [3.05, 3.63) is 23.8 Å². The zero-order valence-electron chi connectivity index (χ0n) is 17.0. The molecule has 0 saturated carbocycles. The minimum absolute atomic E-state index is 0.0906. The molecule has 1 amide bonds. The second-order valence-electron chi connectivity index (χ2n) is 7.57. The SMILES string of the molecule is CCOc1cc(N2CCOCC2)ccc1CC(NC(=O)OC(C)(C)C)C(=O)O. The fraction of sp³-hybridized carbons (Fsp3) is 0.600. The van der Waals surface area contributed by atoms with Crippen LogP contribution in [0.3, 0.4) is 0 Å². The molecule has 28 heavy (non-hydrogen) atoms. The number of nitrogens with one attached hydrogen (secondary N) is 1. The Hall–Kier alpha value is -2.48. The predicted octanol–water partition coefficient (Wildman–Crippen LogP) is 2.44. The Morgan fingerprint density at radius 3 is 2.54 bits per heavy atom. The van der Waals surface area contributed by atoms with Crippen LogP contribution in [0.4, 0.5) is 10.5 Å². The summed E-state index contributed by atoms with van der Waals surface area (Å²) in [5, 5.41) is 12.0. The van der Waals surface area contributed by atoms with E-state index in [-0.39, 0.29) is 6.42 Å². The molecule has 0 bridgehead atoms. The van der Waals surface area contributed by atoms with E-state index < -0.39 is 23.7 Å². The third-order valence-corrected chi connectivity index (χ3v) is 4.14. The van der Waals surface area contributed by atoms with E-state index in [1.807, 2.05) is 25.1 Å². The minimum atomic E-state index is -1.13. The number of morpholine rings is 1. The number of anilines is 1. The highest BCUT2D eigenvalue weighted by atomic mass is 16.6. The zero-order chi connectivity index (χ0) is 20.7. The molecule has 1 aromatic rings. The number of carbonyl (C=O) groups excluding carboxylic acids is 1. The van der Waals surface area contributed by atoms with Crippen molar-refractivity contribution in [2.24, 2.45) is 0 Å². The molecule has 0 radical (unpaired) electrons. The number of carboxylic acid groups (broad SMARTS) is 1. The maximum absolute atomic E-state index is 12.0. The highest BCUT2D eigenvalue weighted by Gasteiger charge is 2.25. The van der Waals surface area contributed by atoms with Gasteiger partial charge in [-0.25, -0.2) is 9.59 Å². The van der Waals surface area contributed by atoms with Crippen molar-refractivity contribution < 1.29 is 28.9 Å². The van der Waals surface area contributed by atoms with Gasteiger partial charge >= 0.3 is 12.1 Å². The van der Waals surface area contributed by atoms with Crippen LogP contribution in [0.5, 0.6) is 5.75 Å². The number of carboxylic acids is 1. The molecule has 1 fully saturated rings. The van der Waals surface area contributed by atoms with Gasteiger partial charge in [-0.3, -0.25) is 0 Å². The molecule has 1 unspecified atom stereocenters. The molecule has 2 rings (SSSR count). The Kier molecular flexibility index (Phi) is 7.51. The Labute approximate surface area is 165 Å². The average molecular weight is 394 g/mol. The quantitative estimate of drug-likeness (QED) is 0.733. The van der Waals surface area contributed by atoms with Crippen LogP contribution in [0.2, 0.25) is 0 Å². The standard InChI is InChI=1S/C20H30N2O6/c1-5-27-17-13-15(22-8-10-26-11-9-22)7-6-14(17)12-16(18(23)24)21-19(25)28-20(2,3)4/h6-7,13,16H,5,8-12H2,1-4H3,(H,21,25)(H,23,24). The van der Waals surface area contributed by atoms with E-state index in [9.17, 15) is 14.7 Å². The lowest BCUT2D eigenvalue weighted by Gasteiger charge is -2.29. The summed E-state index contributed by atoms with van der Waals surface area (Å²) in [6.07, 6.45) is -0.671. The molecule has 2 N–H and O–H groups in total. The van der Waals surface area contributed by atoms with Gasteiger partial charge in [0.15, 0.2) is 0 Å². The number of ether oxygens (including phenoxy) is 3. The molecular formula is C20H30N2O6. The van der Waals surface area contributed by atoms with E-state index in [0.29, 0.717) is 31.1 Å². The molecule has 0 spiro atoms. The van der Waals surface area contributed by atoms with Crippen molar-refractivity contribution in [1.82, 2.24) is 5.32 Å². The maximum atomic E-state index is 12.0. The summed E-state index contributed by atoms with van der Waals surface area (Å²) in [5.41, 5.74) is 1.01. The lowest BCUT2D eigenvalue weighted by Crippen LogP contribution is -2.44. The molecule has 1 aromatic carbocycles. The lowest BCUT2D eigenvalue weighted by atomic mass is 10.0. The Bertz CT molecular complexity index is 680. The second-order valence-corrected chi connectivity index (χ2v) is 7.57. The third kappa shape index (κ3) is 6.60. The first-order chi connectivity index (χ1) is 13.2. The Balaban J connectivity index is 2.16. The summed E-state index contributed by atoms with van der Waals surface area (Å²) in [5.74, 6) is -0.519. The van der Waals surface area contributed by atoms with E-state index >= 15 is 0 Å². The number of amides is 1. The van der Waals surface area contributed by atoms with Gasteiger partial charge < -0.3 is 29.5 Å². The largest absolute Gasteiger partial charge is 0.494 e. The molecule has 1 saturated heterocycles. The van der Waals surface area contributed by atoms with E-state index in [4.69, 9.17) is 14.2 Å². The molecular weight excluding hydrogens is 364 g/mol. The molecule has 1 aliphatic rings. The van der Waals surface area contributed by atoms with Crippen molar-refractivity contribution >= 4 is 17.7 Å².